The first-order chi connectivity index (χ1) is 38.1. The van der Waals surface area contributed by atoms with Crippen LogP contribution in [0.3, 0.4) is 0 Å². The lowest BCUT2D eigenvalue weighted by Crippen LogP contribution is -2.40. The second-order valence-corrected chi connectivity index (χ2v) is 33.4. The van der Waals surface area contributed by atoms with Crippen molar-refractivity contribution in [3.63, 3.8) is 0 Å². The molecule has 4 rings (SSSR count). The highest BCUT2D eigenvalue weighted by molar-refractivity contribution is 5.74. The summed E-state index contributed by atoms with van der Waals surface area (Å²) < 4.78 is 0. The summed E-state index contributed by atoms with van der Waals surface area (Å²) >= 11 is 0. The molecule has 0 amide bonds. The van der Waals surface area contributed by atoms with Gasteiger partial charge in [-0.1, -0.05) is 215 Å². The molecule has 4 aromatic rings. The Bertz CT molecular complexity index is 2680. The number of aliphatic carboxylic acids is 4. The summed E-state index contributed by atoms with van der Waals surface area (Å²) in [4.78, 5) is 57.5. The van der Waals surface area contributed by atoms with Gasteiger partial charge in [-0.25, -0.2) is 0 Å². The number of hydrogen-bond donors (Lipinski definition) is 8. The fraction of sp³-hybridized carbons (Fsp3) is 0.616. The van der Waals surface area contributed by atoms with Crippen LogP contribution in [0, 0.1) is 29.1 Å². The molecule has 85 heavy (non-hydrogen) atoms. The van der Waals surface area contributed by atoms with Crippen LogP contribution in [0.25, 0.3) is 0 Å². The fourth-order valence-corrected chi connectivity index (χ4v) is 12.1. The molecule has 12 nitrogen and oxygen atoms in total. The van der Waals surface area contributed by atoms with Gasteiger partial charge in [0.05, 0.1) is 23.7 Å². The van der Waals surface area contributed by atoms with Crippen LogP contribution in [0.4, 0.5) is 0 Å². The van der Waals surface area contributed by atoms with Crippen LogP contribution < -0.4 is 0 Å². The van der Waals surface area contributed by atoms with Gasteiger partial charge in [-0.15, -0.1) is 0 Å². The normalized spacial score (nSPS) is 15.4. The molecule has 0 radical (unpaired) electrons. The molecule has 0 heterocycles. The zero-order valence-electron chi connectivity index (χ0n) is 56.3. The van der Waals surface area contributed by atoms with E-state index < -0.39 is 122 Å². The van der Waals surface area contributed by atoms with Gasteiger partial charge in [-0.3, -0.25) is 19.2 Å². The average molecular weight is 1180 g/mol. The van der Waals surface area contributed by atoms with Gasteiger partial charge in [0.2, 0.25) is 0 Å². The number of phenolic OH excluding ortho intramolecular Hbond substituents is 4. The number of carboxylic acids is 4. The van der Waals surface area contributed by atoms with Crippen molar-refractivity contribution < 1.29 is 60.0 Å². The van der Waals surface area contributed by atoms with Gasteiger partial charge < -0.3 is 40.9 Å². The van der Waals surface area contributed by atoms with Crippen LogP contribution in [-0.2, 0) is 88.2 Å². The molecule has 0 aromatic heterocycles. The molecular weight excluding hydrogens is 1070 g/mol. The largest absolute Gasteiger partial charge is 0.507 e. The van der Waals surface area contributed by atoms with Crippen LogP contribution in [0.15, 0.2) is 48.5 Å². The maximum Gasteiger partial charge on any atom is 0.306 e. The van der Waals surface area contributed by atoms with Crippen molar-refractivity contribution in [3.8, 4) is 23.0 Å². The zero-order valence-corrected chi connectivity index (χ0v) is 56.3. The van der Waals surface area contributed by atoms with Crippen molar-refractivity contribution in [2.45, 2.75) is 261 Å². The van der Waals surface area contributed by atoms with E-state index in [1.54, 1.807) is 24.3 Å². The zero-order chi connectivity index (χ0) is 65.7. The van der Waals surface area contributed by atoms with Crippen molar-refractivity contribution in [2.24, 2.45) is 29.1 Å². The highest BCUT2D eigenvalue weighted by atomic mass is 16.4. The summed E-state index contributed by atoms with van der Waals surface area (Å²) in [6, 6.07) is 14.8. The Kier molecular flexibility index (Phi) is 21.0. The van der Waals surface area contributed by atoms with Crippen LogP contribution in [0.1, 0.15) is 259 Å². The number of benzene rings is 4. The Morgan fingerprint density at radius 2 is 0.435 bits per heavy atom. The molecule has 0 aliphatic heterocycles. The molecule has 4 atom stereocenters. The summed E-state index contributed by atoms with van der Waals surface area (Å²) in [6.45, 7) is 47.5. The van der Waals surface area contributed by atoms with Crippen molar-refractivity contribution in [3.05, 3.63) is 115 Å². The summed E-state index contributed by atoms with van der Waals surface area (Å²) in [5, 5.41) is 95.8. The van der Waals surface area contributed by atoms with Gasteiger partial charge in [0, 0.05) is 0 Å². The number of carboxylic acid groups (broad SMARTS) is 4. The first kappa shape index (κ1) is 71.4. The second-order valence-electron chi connectivity index (χ2n) is 33.4. The monoisotopic (exact) mass is 1180 g/mol. The molecule has 4 unspecified atom stereocenters. The Labute approximate surface area is 509 Å². The lowest BCUT2D eigenvalue weighted by atomic mass is 9.61. The van der Waals surface area contributed by atoms with E-state index in [0.717, 1.165) is 22.3 Å². The first-order valence-corrected chi connectivity index (χ1v) is 30.5. The third-order valence-electron chi connectivity index (χ3n) is 17.4. The quantitative estimate of drug-likeness (QED) is 0.0413. The van der Waals surface area contributed by atoms with Crippen molar-refractivity contribution in [2.75, 3.05) is 0 Å². The fourth-order valence-electron chi connectivity index (χ4n) is 12.1. The molecule has 0 fully saturated rings. The van der Waals surface area contributed by atoms with E-state index >= 15 is 0 Å². The maximum absolute atomic E-state index is 14.4. The van der Waals surface area contributed by atoms with E-state index in [-0.39, 0.29) is 48.7 Å². The van der Waals surface area contributed by atoms with E-state index in [0.29, 0.717) is 44.5 Å². The van der Waals surface area contributed by atoms with Gasteiger partial charge in [-0.2, -0.15) is 0 Å². The van der Waals surface area contributed by atoms with E-state index in [9.17, 15) is 60.0 Å². The van der Waals surface area contributed by atoms with E-state index in [2.05, 4.69) is 0 Å². The minimum atomic E-state index is -1.80. The lowest BCUT2D eigenvalue weighted by Gasteiger charge is -2.42. The number of hydrogen-bond acceptors (Lipinski definition) is 8. The highest BCUT2D eigenvalue weighted by Gasteiger charge is 2.47. The Hall–Kier alpha value is -6.04. The standard InChI is InChI=1S/C73H108O12/c1-65(2,3)49-29-41(57(74)53(33-49)69(13,14)15)25-45(61(78)79)37-73(38-46(62(80)81)26-42-30-50(66(4,5)6)34-54(58(42)75)70(16,17)18,39-47(63(82)83)27-43-31-51(67(7,8)9)35-55(59(43)76)71(19,20)21)40-48(64(84)85)28-44-32-52(68(10,11)12)36-56(60(44)77)72(22,23)24/h29-36,45-48,74-77H,25-28,37-40H2,1-24H3,(H,78,79)(H,80,81)(H,82,83)(H,84,85). The smallest absolute Gasteiger partial charge is 0.306 e. The number of carbonyl (C=O) groups is 4. The minimum Gasteiger partial charge on any atom is -0.507 e. The van der Waals surface area contributed by atoms with E-state index in [4.69, 9.17) is 0 Å². The number of aromatic hydroxyl groups is 4. The van der Waals surface area contributed by atoms with Gasteiger partial charge in [-0.05, 0) is 167 Å². The van der Waals surface area contributed by atoms with Crippen LogP contribution in [-0.4, -0.2) is 64.7 Å². The third-order valence-corrected chi connectivity index (χ3v) is 17.4. The molecule has 472 valence electrons. The Morgan fingerprint density at radius 1 is 0.282 bits per heavy atom. The third kappa shape index (κ3) is 18.0. The summed E-state index contributed by atoms with van der Waals surface area (Å²) in [6.07, 6.45) is -2.97. The molecule has 0 bridgehead atoms. The van der Waals surface area contributed by atoms with Crippen LogP contribution in [0.2, 0.25) is 0 Å². The van der Waals surface area contributed by atoms with Gasteiger partial charge >= 0.3 is 23.9 Å². The van der Waals surface area contributed by atoms with Gasteiger partial charge in [0.15, 0.2) is 0 Å². The summed E-state index contributed by atoms with van der Waals surface area (Å²) in [5.74, 6) is -11.6. The molecule has 0 aliphatic carbocycles. The summed E-state index contributed by atoms with van der Waals surface area (Å²) in [5.41, 5.74) is 0.837. The molecule has 8 N–H and O–H groups in total. The molecular formula is C73H108O12. The molecule has 4 aromatic carbocycles. The SMILES string of the molecule is CC(C)(C)c1cc(CC(CC(CC(Cc2cc(C(C)(C)C)cc(C(C)(C)C)c2O)C(=O)O)(CC(Cc2cc(C(C)(C)C)cc(C(C)(C)C)c2O)C(=O)O)CC(Cc2cc(C(C)(C)C)cc(C(C)(C)C)c2O)C(=O)O)C(=O)O)c(O)c(C(C)(C)C)c1. The van der Waals surface area contributed by atoms with Crippen LogP contribution >= 0.6 is 0 Å². The summed E-state index contributed by atoms with van der Waals surface area (Å²) in [7, 11) is 0. The van der Waals surface area contributed by atoms with Gasteiger partial charge in [0.1, 0.15) is 23.0 Å². The van der Waals surface area contributed by atoms with E-state index in [1.807, 2.05) is 190 Å². The molecule has 0 saturated heterocycles. The number of phenols is 4. The van der Waals surface area contributed by atoms with Crippen LogP contribution in [0.5, 0.6) is 23.0 Å². The number of rotatable bonds is 20. The highest BCUT2D eigenvalue weighted by Crippen LogP contribution is 2.51. The predicted molar refractivity (Wildman–Crippen MR) is 342 cm³/mol. The van der Waals surface area contributed by atoms with Gasteiger partial charge in [0.25, 0.3) is 0 Å². The molecule has 0 spiro atoms. The molecule has 0 saturated carbocycles. The topological polar surface area (TPSA) is 230 Å². The molecule has 12 heteroatoms. The molecule has 0 aliphatic rings. The van der Waals surface area contributed by atoms with Crippen molar-refractivity contribution in [1.82, 2.24) is 0 Å². The first-order valence-electron chi connectivity index (χ1n) is 30.5. The minimum absolute atomic E-state index is 0.107. The average Bonchev–Trinajstić information content (AvgIpc) is 2.29. The van der Waals surface area contributed by atoms with E-state index in [1.165, 1.54) is 0 Å². The Morgan fingerprint density at radius 3 is 0.553 bits per heavy atom. The predicted octanol–water partition coefficient (Wildman–Crippen LogP) is 16.5. The Balaban J connectivity index is 2.28. The maximum atomic E-state index is 14.4. The lowest BCUT2D eigenvalue weighted by molar-refractivity contribution is -0.147. The van der Waals surface area contributed by atoms with Crippen molar-refractivity contribution in [1.29, 1.82) is 0 Å². The van der Waals surface area contributed by atoms with Crippen molar-refractivity contribution >= 4 is 23.9 Å². The second kappa shape index (κ2) is 25.0.